The number of nitrogens with zero attached hydrogens (tertiary/aromatic N) is 4. The molecule has 1 aliphatic heterocycles. The molecule has 0 aliphatic carbocycles. The molecule has 0 saturated carbocycles. The summed E-state index contributed by atoms with van der Waals surface area (Å²) in [5.41, 5.74) is 5.31. The Morgan fingerprint density at radius 3 is 2.68 bits per heavy atom. The lowest BCUT2D eigenvalue weighted by Crippen LogP contribution is -2.37. The molecule has 1 aromatic heterocycles. The van der Waals surface area contributed by atoms with Gasteiger partial charge in [-0.3, -0.25) is 0 Å². The van der Waals surface area contributed by atoms with Crippen LogP contribution in [0.15, 0.2) is 6.07 Å². The highest BCUT2D eigenvalue weighted by Crippen LogP contribution is 2.18. The third-order valence-electron chi connectivity index (χ3n) is 3.39. The van der Waals surface area contributed by atoms with Gasteiger partial charge in [0.05, 0.1) is 19.8 Å². The second kappa shape index (κ2) is 8.19. The SMILES string of the molecule is CN(CCOc1cc(N)nc(N2CCOCC2)n1)C(=O)OC(C)(C)C. The van der Waals surface area contributed by atoms with Crippen molar-refractivity contribution >= 4 is 17.9 Å². The maximum Gasteiger partial charge on any atom is 0.410 e. The molecule has 2 rings (SSSR count). The molecule has 0 radical (unpaired) electrons. The molecular weight excluding hydrogens is 326 g/mol. The number of likely N-dealkylation sites (N-methyl/N-ethyl adjacent to an activating group) is 1. The van der Waals surface area contributed by atoms with Crippen molar-refractivity contribution in [2.24, 2.45) is 0 Å². The van der Waals surface area contributed by atoms with E-state index in [1.54, 1.807) is 13.1 Å². The molecule has 0 spiro atoms. The number of ether oxygens (including phenoxy) is 3. The fraction of sp³-hybridized carbons (Fsp3) is 0.688. The number of hydrogen-bond donors (Lipinski definition) is 1. The summed E-state index contributed by atoms with van der Waals surface area (Å²) in [6.07, 6.45) is -0.396. The molecule has 1 aliphatic rings. The van der Waals surface area contributed by atoms with Crippen LogP contribution < -0.4 is 15.4 Å². The highest BCUT2D eigenvalue weighted by molar-refractivity contribution is 5.67. The number of nitrogen functional groups attached to an aromatic ring is 1. The number of carbonyl (C=O) groups excluding carboxylic acids is 1. The lowest BCUT2D eigenvalue weighted by molar-refractivity contribution is 0.0277. The lowest BCUT2D eigenvalue weighted by Gasteiger charge is -2.27. The zero-order chi connectivity index (χ0) is 18.4. The number of anilines is 2. The standard InChI is InChI=1S/C16H27N5O4/c1-16(2,3)25-15(22)20(4)5-10-24-13-11-12(17)18-14(19-13)21-6-8-23-9-7-21/h11H,5-10H2,1-4H3,(H2,17,18,19). The van der Waals surface area contributed by atoms with Crippen LogP contribution in [0.25, 0.3) is 0 Å². The van der Waals surface area contributed by atoms with Crippen molar-refractivity contribution < 1.29 is 19.0 Å². The minimum Gasteiger partial charge on any atom is -0.476 e. The summed E-state index contributed by atoms with van der Waals surface area (Å²) in [6.45, 7) is 8.81. The molecule has 9 nitrogen and oxygen atoms in total. The summed E-state index contributed by atoms with van der Waals surface area (Å²) in [4.78, 5) is 24.0. The second-order valence-electron chi connectivity index (χ2n) is 6.78. The van der Waals surface area contributed by atoms with Gasteiger partial charge in [0.25, 0.3) is 0 Å². The van der Waals surface area contributed by atoms with Gasteiger partial charge in [-0.2, -0.15) is 9.97 Å². The van der Waals surface area contributed by atoms with E-state index >= 15 is 0 Å². The Bertz CT molecular complexity index is 584. The molecule has 0 bridgehead atoms. The average molecular weight is 353 g/mol. The normalized spacial score (nSPS) is 15.0. The quantitative estimate of drug-likeness (QED) is 0.840. The maximum absolute atomic E-state index is 11.9. The first-order chi connectivity index (χ1) is 11.7. The van der Waals surface area contributed by atoms with E-state index in [2.05, 4.69) is 9.97 Å². The van der Waals surface area contributed by atoms with Crippen molar-refractivity contribution in [3.63, 3.8) is 0 Å². The lowest BCUT2D eigenvalue weighted by atomic mass is 10.2. The number of rotatable bonds is 5. The van der Waals surface area contributed by atoms with Crippen LogP contribution in [-0.2, 0) is 9.47 Å². The van der Waals surface area contributed by atoms with Crippen molar-refractivity contribution in [2.45, 2.75) is 26.4 Å². The van der Waals surface area contributed by atoms with E-state index < -0.39 is 11.7 Å². The molecule has 1 fully saturated rings. The molecule has 9 heteroatoms. The molecule has 1 amide bonds. The number of hydrogen-bond acceptors (Lipinski definition) is 8. The van der Waals surface area contributed by atoms with Crippen LogP contribution in [0.5, 0.6) is 5.88 Å². The van der Waals surface area contributed by atoms with E-state index in [-0.39, 0.29) is 6.61 Å². The number of morpholine rings is 1. The molecule has 0 aromatic carbocycles. The van der Waals surface area contributed by atoms with Gasteiger partial charge in [0.15, 0.2) is 0 Å². The van der Waals surface area contributed by atoms with Gasteiger partial charge >= 0.3 is 6.09 Å². The Morgan fingerprint density at radius 2 is 2.04 bits per heavy atom. The molecule has 1 saturated heterocycles. The third kappa shape index (κ3) is 6.26. The zero-order valence-electron chi connectivity index (χ0n) is 15.3. The minimum absolute atomic E-state index is 0.273. The van der Waals surface area contributed by atoms with Gasteiger partial charge < -0.3 is 29.7 Å². The molecule has 1 aromatic rings. The van der Waals surface area contributed by atoms with Crippen molar-refractivity contribution in [1.29, 1.82) is 0 Å². The number of nitrogens with two attached hydrogens (primary N) is 1. The van der Waals surface area contributed by atoms with Crippen molar-refractivity contribution in [3.05, 3.63) is 6.07 Å². The van der Waals surface area contributed by atoms with E-state index in [4.69, 9.17) is 19.9 Å². The first kappa shape index (κ1) is 19.0. The van der Waals surface area contributed by atoms with Crippen LogP contribution in [0.4, 0.5) is 16.6 Å². The minimum atomic E-state index is -0.527. The predicted molar refractivity (Wildman–Crippen MR) is 93.8 cm³/mol. The fourth-order valence-electron chi connectivity index (χ4n) is 2.13. The van der Waals surface area contributed by atoms with Crippen LogP contribution in [0.2, 0.25) is 0 Å². The number of aromatic nitrogens is 2. The monoisotopic (exact) mass is 353 g/mol. The fourth-order valence-corrected chi connectivity index (χ4v) is 2.13. The van der Waals surface area contributed by atoms with Crippen molar-refractivity contribution in [2.75, 3.05) is 57.1 Å². The van der Waals surface area contributed by atoms with Gasteiger partial charge in [-0.05, 0) is 20.8 Å². The third-order valence-corrected chi connectivity index (χ3v) is 3.39. The molecule has 2 heterocycles. The van der Waals surface area contributed by atoms with Crippen LogP contribution >= 0.6 is 0 Å². The van der Waals surface area contributed by atoms with Crippen molar-refractivity contribution in [1.82, 2.24) is 14.9 Å². The van der Waals surface area contributed by atoms with E-state index in [0.29, 0.717) is 50.5 Å². The van der Waals surface area contributed by atoms with Gasteiger partial charge in [-0.1, -0.05) is 0 Å². The Labute approximate surface area is 148 Å². The smallest absolute Gasteiger partial charge is 0.410 e. The molecule has 0 unspecified atom stereocenters. The van der Waals surface area contributed by atoms with Gasteiger partial charge in [-0.15, -0.1) is 0 Å². The maximum atomic E-state index is 11.9. The first-order valence-electron chi connectivity index (χ1n) is 8.29. The van der Waals surface area contributed by atoms with Crippen LogP contribution in [0.3, 0.4) is 0 Å². The van der Waals surface area contributed by atoms with Gasteiger partial charge in [0.1, 0.15) is 18.0 Å². The highest BCUT2D eigenvalue weighted by atomic mass is 16.6. The molecular formula is C16H27N5O4. The highest BCUT2D eigenvalue weighted by Gasteiger charge is 2.20. The van der Waals surface area contributed by atoms with Crippen LogP contribution in [0, 0.1) is 0 Å². The summed E-state index contributed by atoms with van der Waals surface area (Å²) < 4.78 is 16.2. The van der Waals surface area contributed by atoms with E-state index in [1.165, 1.54) is 4.90 Å². The zero-order valence-corrected chi connectivity index (χ0v) is 15.3. The Balaban J connectivity index is 1.88. The summed E-state index contributed by atoms with van der Waals surface area (Å²) in [6, 6.07) is 1.57. The summed E-state index contributed by atoms with van der Waals surface area (Å²) >= 11 is 0. The Kier molecular flexibility index (Phi) is 6.24. The average Bonchev–Trinajstić information content (AvgIpc) is 2.53. The molecule has 25 heavy (non-hydrogen) atoms. The molecule has 140 valence electrons. The molecule has 0 atom stereocenters. The van der Waals surface area contributed by atoms with E-state index in [9.17, 15) is 4.79 Å². The van der Waals surface area contributed by atoms with Gasteiger partial charge in [-0.25, -0.2) is 4.79 Å². The van der Waals surface area contributed by atoms with Crippen LogP contribution in [0.1, 0.15) is 20.8 Å². The summed E-state index contributed by atoms with van der Waals surface area (Å²) in [5, 5.41) is 0. The summed E-state index contributed by atoms with van der Waals surface area (Å²) in [7, 11) is 1.66. The van der Waals surface area contributed by atoms with Gasteiger partial charge in [0, 0.05) is 26.2 Å². The number of amides is 1. The Morgan fingerprint density at radius 1 is 1.36 bits per heavy atom. The first-order valence-corrected chi connectivity index (χ1v) is 8.29. The predicted octanol–water partition coefficient (Wildman–Crippen LogP) is 1.14. The van der Waals surface area contributed by atoms with Crippen LogP contribution in [-0.4, -0.2) is 73.1 Å². The molecule has 2 N–H and O–H groups in total. The largest absolute Gasteiger partial charge is 0.476 e. The number of carbonyl (C=O) groups is 1. The topological polar surface area (TPSA) is 103 Å². The van der Waals surface area contributed by atoms with E-state index in [0.717, 1.165) is 0 Å². The summed E-state index contributed by atoms with van der Waals surface area (Å²) in [5.74, 6) is 1.25. The second-order valence-corrected chi connectivity index (χ2v) is 6.78. The van der Waals surface area contributed by atoms with Crippen molar-refractivity contribution in [3.8, 4) is 5.88 Å². The van der Waals surface area contributed by atoms with E-state index in [1.807, 2.05) is 25.7 Å². The van der Waals surface area contributed by atoms with Gasteiger partial charge in [0.2, 0.25) is 11.8 Å². The Hall–Kier alpha value is -2.29.